The summed E-state index contributed by atoms with van der Waals surface area (Å²) in [5.41, 5.74) is 5.70. The monoisotopic (exact) mass is 366 g/mol. The Morgan fingerprint density at radius 1 is 1.15 bits per heavy atom. The second kappa shape index (κ2) is 6.17. The molecule has 1 atom stereocenters. The second-order valence-corrected chi connectivity index (χ2v) is 5.90. The van der Waals surface area contributed by atoms with Gasteiger partial charge < -0.3 is 19.6 Å². The molecule has 2 N–H and O–H groups in total. The number of para-hydroxylation sites is 2. The maximum Gasteiger partial charge on any atom is 0.320 e. The van der Waals surface area contributed by atoms with E-state index in [-0.39, 0.29) is 11.5 Å². The quantitative estimate of drug-likeness (QED) is 0.559. The summed E-state index contributed by atoms with van der Waals surface area (Å²) in [6.45, 7) is 0. The van der Waals surface area contributed by atoms with E-state index in [0.717, 1.165) is 0 Å². The average molecular weight is 366 g/mol. The van der Waals surface area contributed by atoms with Crippen LogP contribution in [0.2, 0.25) is 0 Å². The van der Waals surface area contributed by atoms with Crippen molar-refractivity contribution in [3.8, 4) is 11.5 Å². The zero-order valence-electron chi connectivity index (χ0n) is 14.2. The lowest BCUT2D eigenvalue weighted by atomic mass is 9.90. The summed E-state index contributed by atoms with van der Waals surface area (Å²) in [4.78, 5) is 24.0. The third kappa shape index (κ3) is 2.50. The molecule has 0 radical (unpaired) electrons. The molecule has 0 fully saturated rings. The average Bonchev–Trinajstić information content (AvgIpc) is 2.67. The van der Waals surface area contributed by atoms with E-state index in [0.29, 0.717) is 22.3 Å². The van der Waals surface area contributed by atoms with E-state index in [4.69, 9.17) is 19.6 Å². The molecule has 1 aliphatic heterocycles. The van der Waals surface area contributed by atoms with Crippen molar-refractivity contribution in [1.82, 2.24) is 0 Å². The molecular formula is C19H14N2O6. The number of rotatable bonds is 3. The van der Waals surface area contributed by atoms with Crippen molar-refractivity contribution in [3.63, 3.8) is 0 Å². The number of hydrogen-bond acceptors (Lipinski definition) is 7. The lowest BCUT2D eigenvalue weighted by molar-refractivity contribution is -0.433. The first-order valence-electron chi connectivity index (χ1n) is 8.03. The molecule has 1 aromatic heterocycles. The summed E-state index contributed by atoms with van der Waals surface area (Å²) < 4.78 is 16.6. The summed E-state index contributed by atoms with van der Waals surface area (Å²) in [6.07, 6.45) is 0. The highest BCUT2D eigenvalue weighted by Gasteiger charge is 2.43. The number of allylic oxidation sites excluding steroid dienone is 1. The predicted molar refractivity (Wildman–Crippen MR) is 96.2 cm³/mol. The zero-order valence-corrected chi connectivity index (χ0v) is 14.2. The predicted octanol–water partition coefficient (Wildman–Crippen LogP) is 2.73. The van der Waals surface area contributed by atoms with Crippen molar-refractivity contribution >= 4 is 11.0 Å². The summed E-state index contributed by atoms with van der Waals surface area (Å²) in [7, 11) is 1.45. The molecule has 3 aromatic rings. The van der Waals surface area contributed by atoms with Gasteiger partial charge in [0.2, 0.25) is 11.2 Å². The SMILES string of the molecule is COc1ccccc1C1C([N+](=O)[O-])=C(N)Oc2c1oc1ccccc1c2=O. The molecule has 2 heterocycles. The van der Waals surface area contributed by atoms with Gasteiger partial charge in [-0.25, -0.2) is 0 Å². The molecule has 4 rings (SSSR count). The molecule has 0 spiro atoms. The van der Waals surface area contributed by atoms with Gasteiger partial charge in [-0.2, -0.15) is 0 Å². The molecule has 1 unspecified atom stereocenters. The molecule has 8 nitrogen and oxygen atoms in total. The maximum atomic E-state index is 12.9. The first-order chi connectivity index (χ1) is 13.0. The Labute approximate surface area is 152 Å². The van der Waals surface area contributed by atoms with Crippen LogP contribution < -0.4 is 20.6 Å². The van der Waals surface area contributed by atoms with Crippen molar-refractivity contribution in [2.75, 3.05) is 7.11 Å². The van der Waals surface area contributed by atoms with Gasteiger partial charge in [0.05, 0.1) is 17.4 Å². The third-order valence-electron chi connectivity index (χ3n) is 4.43. The van der Waals surface area contributed by atoms with Gasteiger partial charge in [0.1, 0.15) is 17.3 Å². The number of nitrogens with two attached hydrogens (primary N) is 1. The maximum absolute atomic E-state index is 12.9. The molecule has 0 aliphatic carbocycles. The summed E-state index contributed by atoms with van der Waals surface area (Å²) in [5.74, 6) is -1.25. The van der Waals surface area contributed by atoms with E-state index in [9.17, 15) is 14.9 Å². The minimum absolute atomic E-state index is 0.0177. The summed E-state index contributed by atoms with van der Waals surface area (Å²) in [6, 6.07) is 13.4. The van der Waals surface area contributed by atoms with Crippen molar-refractivity contribution in [2.24, 2.45) is 5.73 Å². The number of methoxy groups -OCH3 is 1. The standard InChI is InChI=1S/C19H14N2O6/c1-25-12-8-4-2-6-10(12)14-15(21(23)24)19(20)27-18-16(22)11-7-3-5-9-13(11)26-17(14)18/h2-9,14H,20H2,1H3. The zero-order chi connectivity index (χ0) is 19.1. The topological polar surface area (TPSA) is 118 Å². The molecule has 0 saturated carbocycles. The van der Waals surface area contributed by atoms with E-state index < -0.39 is 27.9 Å². The van der Waals surface area contributed by atoms with Crippen LogP contribution in [0.3, 0.4) is 0 Å². The number of benzene rings is 2. The Balaban J connectivity index is 2.09. The number of ether oxygens (including phenoxy) is 2. The fourth-order valence-electron chi connectivity index (χ4n) is 3.25. The van der Waals surface area contributed by atoms with Crippen LogP contribution in [-0.2, 0) is 0 Å². The van der Waals surface area contributed by atoms with Gasteiger partial charge in [0.15, 0.2) is 5.76 Å². The van der Waals surface area contributed by atoms with E-state index in [1.54, 1.807) is 48.5 Å². The Kier molecular flexibility index (Phi) is 3.80. The van der Waals surface area contributed by atoms with Crippen LogP contribution in [0.15, 0.2) is 69.3 Å². The van der Waals surface area contributed by atoms with Crippen molar-refractivity contribution in [3.05, 3.63) is 91.8 Å². The molecular weight excluding hydrogens is 352 g/mol. The molecule has 8 heteroatoms. The largest absolute Gasteiger partial charge is 0.496 e. The van der Waals surface area contributed by atoms with Gasteiger partial charge >= 0.3 is 5.70 Å². The Morgan fingerprint density at radius 3 is 2.59 bits per heavy atom. The van der Waals surface area contributed by atoms with Crippen LogP contribution in [0.4, 0.5) is 0 Å². The molecule has 1 aliphatic rings. The fourth-order valence-corrected chi connectivity index (χ4v) is 3.25. The van der Waals surface area contributed by atoms with E-state index in [1.807, 2.05) is 0 Å². The smallest absolute Gasteiger partial charge is 0.320 e. The Hall–Kier alpha value is -3.81. The number of nitrogens with zero attached hydrogens (tertiary/aromatic N) is 1. The van der Waals surface area contributed by atoms with Gasteiger partial charge in [-0.15, -0.1) is 0 Å². The molecule has 0 amide bonds. The van der Waals surface area contributed by atoms with Gasteiger partial charge in [0, 0.05) is 5.56 Å². The molecule has 2 aromatic carbocycles. The van der Waals surface area contributed by atoms with E-state index >= 15 is 0 Å². The van der Waals surface area contributed by atoms with Crippen LogP contribution in [0, 0.1) is 10.1 Å². The normalized spacial score (nSPS) is 16.0. The first kappa shape index (κ1) is 16.6. The first-order valence-corrected chi connectivity index (χ1v) is 8.03. The minimum Gasteiger partial charge on any atom is -0.496 e. The molecule has 27 heavy (non-hydrogen) atoms. The van der Waals surface area contributed by atoms with Crippen LogP contribution in [0.5, 0.6) is 11.5 Å². The summed E-state index contributed by atoms with van der Waals surface area (Å²) in [5, 5.41) is 12.0. The van der Waals surface area contributed by atoms with Crippen LogP contribution in [0.1, 0.15) is 17.2 Å². The van der Waals surface area contributed by atoms with Crippen molar-refractivity contribution < 1.29 is 18.8 Å². The number of fused-ring (bicyclic) bond motifs is 2. The van der Waals surface area contributed by atoms with E-state index in [2.05, 4.69) is 0 Å². The van der Waals surface area contributed by atoms with Gasteiger partial charge in [-0.1, -0.05) is 30.3 Å². The fraction of sp³-hybridized carbons (Fsp3) is 0.105. The van der Waals surface area contributed by atoms with E-state index in [1.165, 1.54) is 7.11 Å². The number of hydrogen-bond donors (Lipinski definition) is 1. The highest BCUT2D eigenvalue weighted by Crippen LogP contribution is 2.44. The summed E-state index contributed by atoms with van der Waals surface area (Å²) >= 11 is 0. The third-order valence-corrected chi connectivity index (χ3v) is 4.43. The lowest BCUT2D eigenvalue weighted by Crippen LogP contribution is -2.29. The Morgan fingerprint density at radius 2 is 1.85 bits per heavy atom. The lowest BCUT2D eigenvalue weighted by Gasteiger charge is -2.24. The molecule has 0 saturated heterocycles. The molecule has 136 valence electrons. The van der Waals surface area contributed by atoms with Gasteiger partial charge in [-0.05, 0) is 18.2 Å². The second-order valence-electron chi connectivity index (χ2n) is 5.90. The minimum atomic E-state index is -1.06. The number of nitro groups is 1. The van der Waals surface area contributed by atoms with Crippen LogP contribution >= 0.6 is 0 Å². The highest BCUT2D eigenvalue weighted by atomic mass is 16.6. The van der Waals surface area contributed by atoms with Gasteiger partial charge in [-0.3, -0.25) is 14.9 Å². The van der Waals surface area contributed by atoms with Crippen LogP contribution in [0.25, 0.3) is 11.0 Å². The molecule has 0 bridgehead atoms. The Bertz CT molecular complexity index is 1160. The van der Waals surface area contributed by atoms with Crippen LogP contribution in [-0.4, -0.2) is 12.0 Å². The highest BCUT2D eigenvalue weighted by molar-refractivity contribution is 5.78. The van der Waals surface area contributed by atoms with Crippen molar-refractivity contribution in [1.29, 1.82) is 0 Å². The van der Waals surface area contributed by atoms with Gasteiger partial charge in [0.25, 0.3) is 5.88 Å². The van der Waals surface area contributed by atoms with Crippen molar-refractivity contribution in [2.45, 2.75) is 5.92 Å².